The van der Waals surface area contributed by atoms with Gasteiger partial charge in [-0.05, 0) is 19.9 Å². The minimum Gasteiger partial charge on any atom is -0.444 e. The second kappa shape index (κ2) is 4.19. The largest absolute Gasteiger partial charge is 0.444 e. The second-order valence-electron chi connectivity index (χ2n) is 1.83. The van der Waals surface area contributed by atoms with Crippen molar-refractivity contribution in [2.24, 2.45) is 0 Å². The summed E-state index contributed by atoms with van der Waals surface area (Å²) in [4.78, 5) is 0. The van der Waals surface area contributed by atoms with E-state index in [2.05, 4.69) is 0 Å². The predicted octanol–water partition coefficient (Wildman–Crippen LogP) is 3.27. The van der Waals surface area contributed by atoms with E-state index in [1.165, 1.54) is 0 Å². The van der Waals surface area contributed by atoms with E-state index >= 15 is 0 Å². The molecule has 0 heterocycles. The third-order valence-corrected chi connectivity index (χ3v) is 1.44. The molecule has 5 heteroatoms. The van der Waals surface area contributed by atoms with Gasteiger partial charge in [-0.25, -0.2) is 0 Å². The summed E-state index contributed by atoms with van der Waals surface area (Å²) in [6.07, 6.45) is 1.67. The molecule has 0 aliphatic carbocycles. The number of hydrogen-bond acceptors (Lipinski definition) is 2. The maximum Gasteiger partial charge on any atom is 0.266 e. The van der Waals surface area contributed by atoms with Crippen LogP contribution in [0.1, 0.15) is 13.8 Å². The molecule has 0 amide bonds. The summed E-state index contributed by atoms with van der Waals surface area (Å²) >= 11 is 16.0. The Kier molecular flexibility index (Phi) is 4.22. The van der Waals surface area contributed by atoms with Gasteiger partial charge in [0.2, 0.25) is 5.90 Å². The van der Waals surface area contributed by atoms with E-state index in [0.29, 0.717) is 5.76 Å². The van der Waals surface area contributed by atoms with Crippen LogP contribution in [0.25, 0.3) is 0 Å². The number of nitrogens with one attached hydrogen (secondary N) is 1. The van der Waals surface area contributed by atoms with Crippen molar-refractivity contribution in [1.29, 1.82) is 5.41 Å². The number of alkyl halides is 3. The van der Waals surface area contributed by atoms with Crippen LogP contribution in [-0.4, -0.2) is 9.69 Å². The molecule has 0 saturated carbocycles. The van der Waals surface area contributed by atoms with Gasteiger partial charge in [-0.15, -0.1) is 0 Å². The van der Waals surface area contributed by atoms with Gasteiger partial charge in [0, 0.05) is 0 Å². The molecule has 64 valence electrons. The van der Waals surface area contributed by atoms with E-state index in [1.807, 2.05) is 0 Å². The van der Waals surface area contributed by atoms with E-state index in [0.717, 1.165) is 0 Å². The van der Waals surface area contributed by atoms with Crippen molar-refractivity contribution in [2.75, 3.05) is 0 Å². The van der Waals surface area contributed by atoms with Gasteiger partial charge in [0.05, 0.1) is 5.76 Å². The van der Waals surface area contributed by atoms with Gasteiger partial charge in [-0.3, -0.25) is 5.41 Å². The molecule has 0 bridgehead atoms. The molecule has 0 rings (SSSR count). The van der Waals surface area contributed by atoms with Crippen LogP contribution in [0.5, 0.6) is 0 Å². The summed E-state index contributed by atoms with van der Waals surface area (Å²) in [5.41, 5.74) is 0. The molecule has 1 N–H and O–H groups in total. The minimum atomic E-state index is -1.77. The Balaban J connectivity index is 4.10. The monoisotopic (exact) mass is 215 g/mol. The Labute approximate surface area is 80.6 Å². The highest BCUT2D eigenvalue weighted by Crippen LogP contribution is 2.28. The van der Waals surface area contributed by atoms with Crippen molar-refractivity contribution in [3.8, 4) is 0 Å². The first-order valence-corrected chi connectivity index (χ1v) is 3.98. The molecular formula is C6H8Cl3NO. The average molecular weight is 216 g/mol. The Bertz CT molecular complexity index is 183. The van der Waals surface area contributed by atoms with Gasteiger partial charge in [-0.1, -0.05) is 34.8 Å². The molecule has 0 aromatic carbocycles. The minimum absolute atomic E-state index is 0.391. The van der Waals surface area contributed by atoms with Gasteiger partial charge >= 0.3 is 0 Å². The molecule has 11 heavy (non-hydrogen) atoms. The third kappa shape index (κ3) is 4.51. The molecule has 0 aliphatic heterocycles. The van der Waals surface area contributed by atoms with Gasteiger partial charge in [0.25, 0.3) is 3.79 Å². The highest BCUT2D eigenvalue weighted by molar-refractivity contribution is 6.76. The smallest absolute Gasteiger partial charge is 0.266 e. The molecule has 0 unspecified atom stereocenters. The van der Waals surface area contributed by atoms with Crippen molar-refractivity contribution in [2.45, 2.75) is 17.6 Å². The fourth-order valence-electron chi connectivity index (χ4n) is 0.278. The molecule has 0 radical (unpaired) electrons. The molecule has 0 aliphatic rings. The van der Waals surface area contributed by atoms with Crippen molar-refractivity contribution >= 4 is 40.7 Å². The zero-order valence-corrected chi connectivity index (χ0v) is 8.39. The van der Waals surface area contributed by atoms with Gasteiger partial charge in [0.15, 0.2) is 0 Å². The zero-order chi connectivity index (χ0) is 9.07. The SMILES string of the molecule is C/C=C(\C)OC(=N)C(Cl)(Cl)Cl. The van der Waals surface area contributed by atoms with Gasteiger partial charge < -0.3 is 4.74 Å². The highest BCUT2D eigenvalue weighted by atomic mass is 35.6. The molecule has 0 fully saturated rings. The summed E-state index contributed by atoms with van der Waals surface area (Å²) < 4.78 is 3.04. The second-order valence-corrected chi connectivity index (χ2v) is 4.11. The first-order chi connectivity index (χ1) is 4.88. The van der Waals surface area contributed by atoms with Crippen molar-refractivity contribution < 1.29 is 4.74 Å². The van der Waals surface area contributed by atoms with E-state index in [1.54, 1.807) is 19.9 Å². The lowest BCUT2D eigenvalue weighted by atomic mass is 10.5. The van der Waals surface area contributed by atoms with Crippen LogP contribution in [0.15, 0.2) is 11.8 Å². The topological polar surface area (TPSA) is 33.1 Å². The van der Waals surface area contributed by atoms with Crippen LogP contribution in [-0.2, 0) is 4.74 Å². The van der Waals surface area contributed by atoms with Crippen LogP contribution in [0.4, 0.5) is 0 Å². The van der Waals surface area contributed by atoms with E-state index < -0.39 is 9.69 Å². The molecule has 0 spiro atoms. The van der Waals surface area contributed by atoms with Gasteiger partial charge in [0.1, 0.15) is 0 Å². The van der Waals surface area contributed by atoms with Gasteiger partial charge in [-0.2, -0.15) is 0 Å². The summed E-state index contributed by atoms with van der Waals surface area (Å²) in [5, 5.41) is 7.11. The first-order valence-electron chi connectivity index (χ1n) is 2.84. The summed E-state index contributed by atoms with van der Waals surface area (Å²) in [5.74, 6) is 0.138. The number of halogens is 3. The van der Waals surface area contributed by atoms with E-state index in [9.17, 15) is 0 Å². The fraction of sp³-hybridized carbons (Fsp3) is 0.500. The zero-order valence-electron chi connectivity index (χ0n) is 6.12. The molecular weight excluding hydrogens is 208 g/mol. The normalized spacial score (nSPS) is 13.0. The highest BCUT2D eigenvalue weighted by Gasteiger charge is 2.28. The Morgan fingerprint density at radius 1 is 1.45 bits per heavy atom. The molecule has 0 atom stereocenters. The maximum atomic E-state index is 7.11. The summed E-state index contributed by atoms with van der Waals surface area (Å²) in [6.45, 7) is 3.44. The fourth-order valence-corrected chi connectivity index (χ4v) is 0.394. The van der Waals surface area contributed by atoms with Crippen LogP contribution < -0.4 is 0 Å². The van der Waals surface area contributed by atoms with Crippen LogP contribution >= 0.6 is 34.8 Å². The predicted molar refractivity (Wildman–Crippen MR) is 48.5 cm³/mol. The Hall–Kier alpha value is 0.0800. The Morgan fingerprint density at radius 3 is 2.18 bits per heavy atom. The quantitative estimate of drug-likeness (QED) is 0.310. The maximum absolute atomic E-state index is 7.11. The standard InChI is InChI=1S/C6H8Cl3NO/c1-3-4(2)11-5(10)6(7,8)9/h3,10H,1-2H3/b4-3+,10-5?. The van der Waals surface area contributed by atoms with Crippen LogP contribution in [0, 0.1) is 5.41 Å². The van der Waals surface area contributed by atoms with E-state index in [-0.39, 0.29) is 0 Å². The molecule has 2 nitrogen and oxygen atoms in total. The van der Waals surface area contributed by atoms with Crippen molar-refractivity contribution in [1.82, 2.24) is 0 Å². The molecule has 0 aromatic heterocycles. The lowest BCUT2D eigenvalue weighted by Crippen LogP contribution is -2.20. The first kappa shape index (κ1) is 11.1. The summed E-state index contributed by atoms with van der Waals surface area (Å²) in [6, 6.07) is 0. The average Bonchev–Trinajstić information content (AvgIpc) is 1.85. The number of ether oxygens (including phenoxy) is 1. The van der Waals surface area contributed by atoms with Crippen LogP contribution in [0.2, 0.25) is 0 Å². The van der Waals surface area contributed by atoms with Crippen molar-refractivity contribution in [3.05, 3.63) is 11.8 Å². The molecule has 0 saturated heterocycles. The number of hydrogen-bond donors (Lipinski definition) is 1. The lowest BCUT2D eigenvalue weighted by molar-refractivity contribution is 0.404. The lowest BCUT2D eigenvalue weighted by Gasteiger charge is -2.12. The van der Waals surface area contributed by atoms with E-state index in [4.69, 9.17) is 44.9 Å². The van der Waals surface area contributed by atoms with Crippen molar-refractivity contribution in [3.63, 3.8) is 0 Å². The Morgan fingerprint density at radius 2 is 1.91 bits per heavy atom. The third-order valence-electron chi connectivity index (χ3n) is 0.927. The van der Waals surface area contributed by atoms with Crippen LogP contribution in [0.3, 0.4) is 0 Å². The summed E-state index contributed by atoms with van der Waals surface area (Å²) in [7, 11) is 0. The molecule has 0 aromatic rings. The number of rotatable bonds is 1. The number of allylic oxidation sites excluding steroid dienone is 2.